The van der Waals surface area contributed by atoms with Crippen molar-refractivity contribution in [3.05, 3.63) is 0 Å². The van der Waals surface area contributed by atoms with E-state index in [1.807, 2.05) is 6.92 Å². The predicted octanol–water partition coefficient (Wildman–Crippen LogP) is 1.24. The van der Waals surface area contributed by atoms with Crippen molar-refractivity contribution >= 4 is 23.6 Å². The second-order valence-corrected chi connectivity index (χ2v) is 7.64. The number of amides is 2. The summed E-state index contributed by atoms with van der Waals surface area (Å²) in [5, 5.41) is 3.05. The second-order valence-electron chi connectivity index (χ2n) is 6.64. The van der Waals surface area contributed by atoms with Gasteiger partial charge in [-0.3, -0.25) is 9.59 Å². The van der Waals surface area contributed by atoms with Crippen LogP contribution in [0.4, 0.5) is 0 Å². The molecule has 0 spiro atoms. The van der Waals surface area contributed by atoms with E-state index in [4.69, 9.17) is 9.47 Å². The zero-order chi connectivity index (χ0) is 16.8. The quantitative estimate of drug-likeness (QED) is 0.785. The minimum absolute atomic E-state index is 0.0590. The summed E-state index contributed by atoms with van der Waals surface area (Å²) in [6, 6.07) is -0.277. The number of hydrogen-bond donors (Lipinski definition) is 1. The maximum absolute atomic E-state index is 12.5. The van der Waals surface area contributed by atoms with Gasteiger partial charge in [-0.05, 0) is 25.7 Å². The summed E-state index contributed by atoms with van der Waals surface area (Å²) in [7, 11) is 0. The molecule has 2 aliphatic rings. The number of carbonyl (C=O) groups is 2. The number of thioether (sulfide) groups is 1. The lowest BCUT2D eigenvalue weighted by atomic mass is 10.0. The van der Waals surface area contributed by atoms with Gasteiger partial charge in [0, 0.05) is 11.8 Å². The van der Waals surface area contributed by atoms with Crippen molar-refractivity contribution in [1.29, 1.82) is 0 Å². The van der Waals surface area contributed by atoms with Gasteiger partial charge in [0.25, 0.3) is 5.91 Å². The van der Waals surface area contributed by atoms with E-state index in [0.29, 0.717) is 30.8 Å². The summed E-state index contributed by atoms with van der Waals surface area (Å²) in [4.78, 5) is 26.7. The molecule has 0 unspecified atom stereocenters. The lowest BCUT2D eigenvalue weighted by Crippen LogP contribution is -2.53. The highest BCUT2D eigenvalue weighted by atomic mass is 32.2. The van der Waals surface area contributed by atoms with Gasteiger partial charge in [-0.2, -0.15) is 0 Å². The van der Waals surface area contributed by atoms with Gasteiger partial charge < -0.3 is 19.7 Å². The first kappa shape index (κ1) is 18.5. The molecule has 2 aliphatic heterocycles. The molecule has 3 atom stereocenters. The van der Waals surface area contributed by atoms with Crippen molar-refractivity contribution in [1.82, 2.24) is 10.2 Å². The number of nitrogens with one attached hydrogen (secondary N) is 1. The Morgan fingerprint density at radius 3 is 2.70 bits per heavy atom. The number of nitrogens with zero attached hydrogens (tertiary/aromatic N) is 1. The molecule has 0 bridgehead atoms. The van der Waals surface area contributed by atoms with Crippen LogP contribution in [0.3, 0.4) is 0 Å². The van der Waals surface area contributed by atoms with E-state index in [9.17, 15) is 9.59 Å². The van der Waals surface area contributed by atoms with Gasteiger partial charge in [0.15, 0.2) is 6.10 Å². The van der Waals surface area contributed by atoms with E-state index in [0.717, 1.165) is 12.8 Å². The predicted molar refractivity (Wildman–Crippen MR) is 90.2 cm³/mol. The van der Waals surface area contributed by atoms with Crippen LogP contribution in [0.25, 0.3) is 0 Å². The first-order chi connectivity index (χ1) is 11.0. The molecule has 2 heterocycles. The fourth-order valence-corrected chi connectivity index (χ4v) is 3.85. The van der Waals surface area contributed by atoms with Crippen molar-refractivity contribution in [2.24, 2.45) is 5.92 Å². The van der Waals surface area contributed by atoms with Crippen molar-refractivity contribution in [3.8, 4) is 0 Å². The number of carbonyl (C=O) groups excluding carboxylic acids is 2. The zero-order valence-electron chi connectivity index (χ0n) is 14.2. The topological polar surface area (TPSA) is 67.9 Å². The standard InChI is InChI=1S/C16H28N2O4S/c1-11(2)4-5-12(3)17-15(19)13-9-23-10-18(13)16(20)14-8-21-6-7-22-14/h11-14H,4-10H2,1-3H3,(H,17,19)/t12-,13-,14-/m0/s1. The summed E-state index contributed by atoms with van der Waals surface area (Å²) in [6.45, 7) is 7.60. The lowest BCUT2D eigenvalue weighted by Gasteiger charge is -2.30. The molecule has 132 valence electrons. The van der Waals surface area contributed by atoms with Crippen LogP contribution < -0.4 is 5.32 Å². The summed E-state index contributed by atoms with van der Waals surface area (Å²) in [5.41, 5.74) is 0. The van der Waals surface area contributed by atoms with Crippen LogP contribution >= 0.6 is 11.8 Å². The Kier molecular flexibility index (Phi) is 7.17. The average molecular weight is 344 g/mol. The van der Waals surface area contributed by atoms with Crippen molar-refractivity contribution < 1.29 is 19.1 Å². The van der Waals surface area contributed by atoms with E-state index >= 15 is 0 Å². The minimum atomic E-state index is -0.573. The third kappa shape index (κ3) is 5.36. The number of ether oxygens (including phenoxy) is 2. The maximum atomic E-state index is 12.5. The van der Waals surface area contributed by atoms with Crippen LogP contribution in [0.2, 0.25) is 0 Å². The SMILES string of the molecule is CC(C)CC[C@H](C)NC(=O)[C@@H]1CSCN1C(=O)[C@@H]1COCCO1. The molecular weight excluding hydrogens is 316 g/mol. The first-order valence-electron chi connectivity index (χ1n) is 8.37. The van der Waals surface area contributed by atoms with Crippen LogP contribution in [0, 0.1) is 5.92 Å². The Hall–Kier alpha value is -0.790. The summed E-state index contributed by atoms with van der Waals surface area (Å²) in [6.07, 6.45) is 1.46. The smallest absolute Gasteiger partial charge is 0.255 e. The normalized spacial score (nSPS) is 26.3. The van der Waals surface area contributed by atoms with E-state index in [1.54, 1.807) is 16.7 Å². The monoisotopic (exact) mass is 344 g/mol. The highest BCUT2D eigenvalue weighted by molar-refractivity contribution is 7.99. The van der Waals surface area contributed by atoms with Gasteiger partial charge in [0.1, 0.15) is 6.04 Å². The Labute approximate surface area is 142 Å². The van der Waals surface area contributed by atoms with Crippen LogP contribution in [0.5, 0.6) is 0 Å². The lowest BCUT2D eigenvalue weighted by molar-refractivity contribution is -0.160. The largest absolute Gasteiger partial charge is 0.376 e. The van der Waals surface area contributed by atoms with Crippen LogP contribution in [-0.4, -0.2) is 66.4 Å². The van der Waals surface area contributed by atoms with Gasteiger partial charge >= 0.3 is 0 Å². The molecule has 7 heteroatoms. The molecule has 0 saturated carbocycles. The Morgan fingerprint density at radius 1 is 1.26 bits per heavy atom. The highest BCUT2D eigenvalue weighted by Gasteiger charge is 2.39. The Balaban J connectivity index is 1.87. The zero-order valence-corrected chi connectivity index (χ0v) is 15.1. The van der Waals surface area contributed by atoms with Crippen molar-refractivity contribution in [2.45, 2.75) is 51.8 Å². The van der Waals surface area contributed by atoms with Crippen LogP contribution in [-0.2, 0) is 19.1 Å². The minimum Gasteiger partial charge on any atom is -0.376 e. The molecule has 2 amide bonds. The third-order valence-electron chi connectivity index (χ3n) is 4.13. The van der Waals surface area contributed by atoms with E-state index < -0.39 is 12.1 Å². The number of hydrogen-bond acceptors (Lipinski definition) is 5. The second kappa shape index (κ2) is 8.89. The molecule has 0 aromatic rings. The maximum Gasteiger partial charge on any atom is 0.255 e. The van der Waals surface area contributed by atoms with E-state index in [2.05, 4.69) is 19.2 Å². The Bertz CT molecular complexity index is 413. The van der Waals surface area contributed by atoms with E-state index in [-0.39, 0.29) is 24.5 Å². The first-order valence-corrected chi connectivity index (χ1v) is 9.52. The molecule has 1 N–H and O–H groups in total. The van der Waals surface area contributed by atoms with Gasteiger partial charge in [-0.1, -0.05) is 13.8 Å². The summed E-state index contributed by atoms with van der Waals surface area (Å²) < 4.78 is 10.8. The molecule has 2 fully saturated rings. The summed E-state index contributed by atoms with van der Waals surface area (Å²) >= 11 is 1.60. The summed E-state index contributed by atoms with van der Waals surface area (Å²) in [5.74, 6) is 1.61. The molecule has 2 rings (SSSR count). The van der Waals surface area contributed by atoms with Crippen LogP contribution in [0.15, 0.2) is 0 Å². The number of rotatable bonds is 6. The molecule has 0 radical (unpaired) electrons. The van der Waals surface area contributed by atoms with Crippen molar-refractivity contribution in [3.63, 3.8) is 0 Å². The molecule has 0 aliphatic carbocycles. The molecular formula is C16H28N2O4S. The third-order valence-corrected chi connectivity index (χ3v) is 5.14. The molecule has 0 aromatic heterocycles. The van der Waals surface area contributed by atoms with Crippen molar-refractivity contribution in [2.75, 3.05) is 31.5 Å². The van der Waals surface area contributed by atoms with Gasteiger partial charge in [0.2, 0.25) is 5.91 Å². The van der Waals surface area contributed by atoms with E-state index in [1.165, 1.54) is 0 Å². The molecule has 2 saturated heterocycles. The fourth-order valence-electron chi connectivity index (χ4n) is 2.69. The average Bonchev–Trinajstić information content (AvgIpc) is 3.02. The van der Waals surface area contributed by atoms with Gasteiger partial charge in [0.05, 0.1) is 25.7 Å². The molecule has 6 nitrogen and oxygen atoms in total. The van der Waals surface area contributed by atoms with Crippen LogP contribution in [0.1, 0.15) is 33.6 Å². The highest BCUT2D eigenvalue weighted by Crippen LogP contribution is 2.23. The fraction of sp³-hybridized carbons (Fsp3) is 0.875. The Morgan fingerprint density at radius 2 is 2.04 bits per heavy atom. The molecule has 23 heavy (non-hydrogen) atoms. The van der Waals surface area contributed by atoms with Gasteiger partial charge in [-0.15, -0.1) is 11.8 Å². The van der Waals surface area contributed by atoms with Gasteiger partial charge in [-0.25, -0.2) is 0 Å². The molecule has 0 aromatic carbocycles.